The van der Waals surface area contributed by atoms with Gasteiger partial charge in [-0.05, 0) is 41.5 Å². The van der Waals surface area contributed by atoms with Crippen molar-refractivity contribution in [1.82, 2.24) is 14.7 Å². The SMILES string of the molecule is CCN(CC)C(=O)[O-].CCN(CC)C(=O)[O-].CCN(CC)C(=O)[O-].[Zr+2].[Zr+2].[Zr+2].c1ccc2[cH-]ccc2c1.c1ccc2[cH-]ccc2c1.c1ccc2[cH-]ccc2c1. The van der Waals surface area contributed by atoms with Gasteiger partial charge >= 0.3 is 78.6 Å². The fraction of sp³-hybridized carbons (Fsp3) is 0.286. The van der Waals surface area contributed by atoms with Crippen LogP contribution in [-0.4, -0.2) is 72.2 Å². The van der Waals surface area contributed by atoms with Gasteiger partial charge in [0.15, 0.2) is 0 Å². The van der Waals surface area contributed by atoms with E-state index in [0.717, 1.165) is 0 Å². The van der Waals surface area contributed by atoms with E-state index in [4.69, 9.17) is 0 Å². The molecule has 0 bridgehead atoms. The minimum absolute atomic E-state index is 0. The van der Waals surface area contributed by atoms with Gasteiger partial charge in [-0.1, -0.05) is 18.2 Å². The first-order valence-electron chi connectivity index (χ1n) is 17.2. The van der Waals surface area contributed by atoms with Crippen LogP contribution in [0.25, 0.3) is 32.3 Å². The Bertz CT molecular complexity index is 1510. The van der Waals surface area contributed by atoms with Crippen molar-refractivity contribution in [3.05, 3.63) is 127 Å². The molecule has 0 spiro atoms. The first-order chi connectivity index (χ1) is 24.6. The quantitative estimate of drug-likeness (QED) is 0.171. The zero-order valence-electron chi connectivity index (χ0n) is 32.2. The molecule has 0 aromatic heterocycles. The largest absolute Gasteiger partial charge is 2.00 e. The first-order valence-corrected chi connectivity index (χ1v) is 17.2. The zero-order chi connectivity index (χ0) is 38.0. The predicted molar refractivity (Wildman–Crippen MR) is 204 cm³/mol. The molecule has 3 amide bonds. The van der Waals surface area contributed by atoms with E-state index in [1.165, 1.54) is 47.0 Å². The van der Waals surface area contributed by atoms with Gasteiger partial charge in [-0.2, -0.15) is 52.6 Å². The Hall–Kier alpha value is -3.05. The van der Waals surface area contributed by atoms with Crippen molar-refractivity contribution in [1.29, 1.82) is 0 Å². The van der Waals surface area contributed by atoms with Crippen LogP contribution in [0.5, 0.6) is 0 Å². The molecule has 6 aromatic rings. The molecule has 9 nitrogen and oxygen atoms in total. The van der Waals surface area contributed by atoms with Crippen LogP contribution in [0.3, 0.4) is 0 Å². The summed E-state index contributed by atoms with van der Waals surface area (Å²) in [7, 11) is 0. The van der Waals surface area contributed by atoms with Crippen LogP contribution >= 0.6 is 0 Å². The van der Waals surface area contributed by atoms with Crippen LogP contribution < -0.4 is 15.3 Å². The maximum Gasteiger partial charge on any atom is 2.00 e. The normalized spacial score (nSPS) is 9.00. The van der Waals surface area contributed by atoms with E-state index in [-0.39, 0.29) is 78.6 Å². The Morgan fingerprint density at radius 2 is 0.611 bits per heavy atom. The van der Waals surface area contributed by atoms with Crippen molar-refractivity contribution in [2.75, 3.05) is 39.3 Å². The molecule has 12 heteroatoms. The van der Waals surface area contributed by atoms with Crippen LogP contribution in [0.2, 0.25) is 0 Å². The van der Waals surface area contributed by atoms with Gasteiger partial charge in [0.1, 0.15) is 18.3 Å². The van der Waals surface area contributed by atoms with E-state index in [1.807, 2.05) is 0 Å². The number of rotatable bonds is 6. The molecule has 0 saturated carbocycles. The standard InChI is InChI=1S/3C9H7.3C5H11NO2.3Zr/c3*1-2-5-9-7-3-6-8(9)4-1;3*1-3-6(4-2)5(7)8;;;/h3*1-7H;3*3-4H2,1-2H3,(H,7,8);;;/q3*-1;;;;3*+2/p-3. The molecule has 0 saturated heterocycles. The monoisotopic (exact) mass is 963 g/mol. The second-order valence-electron chi connectivity index (χ2n) is 10.8. The second kappa shape index (κ2) is 33.3. The summed E-state index contributed by atoms with van der Waals surface area (Å²) >= 11 is 0. The Balaban J connectivity index is -0.000000573. The maximum absolute atomic E-state index is 9.98. The summed E-state index contributed by atoms with van der Waals surface area (Å²) in [6.07, 6.45) is -3.26. The molecule has 6 aromatic carbocycles. The van der Waals surface area contributed by atoms with Gasteiger partial charge in [0, 0.05) is 39.3 Å². The Morgan fingerprint density at radius 1 is 0.407 bits per heavy atom. The Kier molecular flexibility index (Phi) is 34.1. The molecule has 0 atom stereocenters. The molecule has 6 rings (SSSR count). The van der Waals surface area contributed by atoms with Crippen molar-refractivity contribution in [3.8, 4) is 0 Å². The average Bonchev–Trinajstić information content (AvgIpc) is 3.92. The molecule has 0 N–H and O–H groups in total. The van der Waals surface area contributed by atoms with E-state index >= 15 is 0 Å². The maximum atomic E-state index is 9.98. The Morgan fingerprint density at radius 3 is 0.759 bits per heavy atom. The van der Waals surface area contributed by atoms with Gasteiger partial charge in [-0.15, -0.1) is 89.0 Å². The third-order valence-electron chi connectivity index (χ3n) is 7.71. The van der Waals surface area contributed by atoms with Crippen LogP contribution in [0.1, 0.15) is 41.5 Å². The molecule has 0 aliphatic rings. The van der Waals surface area contributed by atoms with Crippen molar-refractivity contribution >= 4 is 50.6 Å². The molecule has 0 fully saturated rings. The molecule has 54 heavy (non-hydrogen) atoms. The van der Waals surface area contributed by atoms with E-state index in [0.29, 0.717) is 39.3 Å². The molecular formula is C42H51N3O6Zr3. The Labute approximate surface area is 378 Å². The first kappa shape index (κ1) is 55.3. The van der Waals surface area contributed by atoms with Gasteiger partial charge in [0.25, 0.3) is 0 Å². The van der Waals surface area contributed by atoms with Crippen LogP contribution in [-0.2, 0) is 78.6 Å². The zero-order valence-corrected chi connectivity index (χ0v) is 39.5. The van der Waals surface area contributed by atoms with Gasteiger partial charge in [0.2, 0.25) is 0 Å². The average molecular weight is 968 g/mol. The fourth-order valence-corrected chi connectivity index (χ4v) is 4.66. The number of amides is 3. The molecule has 282 valence electrons. The summed E-state index contributed by atoms with van der Waals surface area (Å²) in [6.45, 7) is 13.7. The molecule has 0 aliphatic heterocycles. The second-order valence-corrected chi connectivity index (χ2v) is 10.8. The third-order valence-corrected chi connectivity index (χ3v) is 7.71. The number of nitrogens with zero attached hydrogens (tertiary/aromatic N) is 3. The number of hydrogen-bond donors (Lipinski definition) is 0. The summed E-state index contributed by atoms with van der Waals surface area (Å²) in [5.41, 5.74) is 0. The van der Waals surface area contributed by atoms with Crippen molar-refractivity contribution in [2.45, 2.75) is 41.5 Å². The topological polar surface area (TPSA) is 130 Å². The number of carboxylic acid groups (broad SMARTS) is 3. The summed E-state index contributed by atoms with van der Waals surface area (Å²) in [5, 5.41) is 37.9. The van der Waals surface area contributed by atoms with Crippen LogP contribution in [0, 0.1) is 0 Å². The summed E-state index contributed by atoms with van der Waals surface area (Å²) < 4.78 is 0. The van der Waals surface area contributed by atoms with Gasteiger partial charge in [-0.3, -0.25) is 0 Å². The molecule has 0 heterocycles. The number of hydrogen-bond acceptors (Lipinski definition) is 6. The van der Waals surface area contributed by atoms with Crippen LogP contribution in [0.15, 0.2) is 127 Å². The van der Waals surface area contributed by atoms with E-state index < -0.39 is 18.3 Å². The van der Waals surface area contributed by atoms with Crippen molar-refractivity contribution in [2.24, 2.45) is 0 Å². The van der Waals surface area contributed by atoms with Crippen molar-refractivity contribution in [3.63, 3.8) is 0 Å². The molecular weight excluding hydrogens is 916 g/mol. The van der Waals surface area contributed by atoms with Gasteiger partial charge < -0.3 is 44.4 Å². The smallest absolute Gasteiger partial charge is 0.530 e. The molecule has 0 radical (unpaired) electrons. The molecule has 0 aliphatic carbocycles. The predicted octanol–water partition coefficient (Wildman–Crippen LogP) is 6.68. The summed E-state index contributed by atoms with van der Waals surface area (Å²) in [6, 6.07) is 44.0. The van der Waals surface area contributed by atoms with Gasteiger partial charge in [-0.25, -0.2) is 0 Å². The summed E-state index contributed by atoms with van der Waals surface area (Å²) in [5.74, 6) is 0. The minimum Gasteiger partial charge on any atom is -0.530 e. The minimum atomic E-state index is -1.09. The van der Waals surface area contributed by atoms with E-state index in [1.54, 1.807) is 41.5 Å². The fourth-order valence-electron chi connectivity index (χ4n) is 4.66. The van der Waals surface area contributed by atoms with Crippen LogP contribution in [0.4, 0.5) is 14.4 Å². The van der Waals surface area contributed by atoms with E-state index in [9.17, 15) is 29.7 Å². The van der Waals surface area contributed by atoms with Gasteiger partial charge in [0.05, 0.1) is 0 Å². The number of carbonyl (C=O) groups excluding carboxylic acids is 3. The summed E-state index contributed by atoms with van der Waals surface area (Å²) in [4.78, 5) is 33.6. The number of benzene rings is 3. The van der Waals surface area contributed by atoms with Crippen molar-refractivity contribution < 1.29 is 108 Å². The van der Waals surface area contributed by atoms with E-state index in [2.05, 4.69) is 127 Å². The number of carbonyl (C=O) groups is 3. The number of fused-ring (bicyclic) bond motifs is 3. The third kappa shape index (κ3) is 21.7. The molecule has 0 unspecified atom stereocenters.